The zero-order chi connectivity index (χ0) is 21.8. The number of benzene rings is 2. The Balaban J connectivity index is 2.02. The lowest BCUT2D eigenvalue weighted by Crippen LogP contribution is -2.31. The van der Waals surface area contributed by atoms with Gasteiger partial charge in [0.2, 0.25) is 10.0 Å². The molecule has 8 heteroatoms. The van der Waals surface area contributed by atoms with Crippen molar-refractivity contribution in [2.24, 2.45) is 0 Å². The summed E-state index contributed by atoms with van der Waals surface area (Å²) < 4.78 is 32.0. The summed E-state index contributed by atoms with van der Waals surface area (Å²) in [5, 5.41) is 2.61. The van der Waals surface area contributed by atoms with Crippen molar-refractivity contribution in [3.63, 3.8) is 0 Å². The third kappa shape index (κ3) is 6.13. The number of rotatable bonds is 7. The molecule has 1 unspecified atom stereocenters. The molecule has 2 aromatic carbocycles. The highest BCUT2D eigenvalue weighted by Gasteiger charge is 2.21. The van der Waals surface area contributed by atoms with E-state index in [1.165, 1.54) is 31.2 Å². The van der Waals surface area contributed by atoms with Crippen LogP contribution in [0.25, 0.3) is 0 Å². The largest absolute Gasteiger partial charge is 0.449 e. The fourth-order valence-electron chi connectivity index (χ4n) is 2.57. The van der Waals surface area contributed by atoms with Crippen molar-refractivity contribution in [2.45, 2.75) is 51.7 Å². The van der Waals surface area contributed by atoms with Crippen LogP contribution < -0.4 is 10.0 Å². The Kier molecular flexibility index (Phi) is 7.16. The van der Waals surface area contributed by atoms with Crippen LogP contribution >= 0.6 is 0 Å². The molecule has 0 heterocycles. The van der Waals surface area contributed by atoms with Gasteiger partial charge < -0.3 is 10.1 Å². The van der Waals surface area contributed by atoms with E-state index in [-0.39, 0.29) is 10.9 Å². The highest BCUT2D eigenvalue weighted by molar-refractivity contribution is 7.89. The first-order chi connectivity index (χ1) is 13.5. The minimum Gasteiger partial charge on any atom is -0.449 e. The van der Waals surface area contributed by atoms with Crippen LogP contribution in [0.15, 0.2) is 47.4 Å². The Morgan fingerprint density at radius 1 is 0.966 bits per heavy atom. The van der Waals surface area contributed by atoms with Gasteiger partial charge >= 0.3 is 5.97 Å². The molecule has 0 spiro atoms. The summed E-state index contributed by atoms with van der Waals surface area (Å²) in [6, 6.07) is 10.9. The molecule has 0 saturated heterocycles. The summed E-state index contributed by atoms with van der Waals surface area (Å²) >= 11 is 0. The summed E-state index contributed by atoms with van der Waals surface area (Å²) in [6.45, 7) is 8.60. The maximum atomic E-state index is 12.4. The van der Waals surface area contributed by atoms with Crippen LogP contribution in [0.2, 0.25) is 0 Å². The molecule has 29 heavy (non-hydrogen) atoms. The normalized spacial score (nSPS) is 12.5. The third-order valence-corrected chi connectivity index (χ3v) is 5.76. The lowest BCUT2D eigenvalue weighted by atomic mass is 10.1. The van der Waals surface area contributed by atoms with Crippen molar-refractivity contribution < 1.29 is 22.7 Å². The number of hydrogen-bond acceptors (Lipinski definition) is 5. The van der Waals surface area contributed by atoms with Crippen LogP contribution in [0.4, 0.5) is 5.69 Å². The van der Waals surface area contributed by atoms with Gasteiger partial charge in [-0.2, -0.15) is 0 Å². The first-order valence-corrected chi connectivity index (χ1v) is 10.7. The van der Waals surface area contributed by atoms with E-state index in [1.54, 1.807) is 26.8 Å². The zero-order valence-corrected chi connectivity index (χ0v) is 18.0. The SMILES string of the molecule is Cc1ccc(C)c(C(=O)OC(C)C(=O)Nc2ccc(S(=O)(=O)NC(C)C)cc2)c1. The zero-order valence-electron chi connectivity index (χ0n) is 17.1. The average Bonchev–Trinajstić information content (AvgIpc) is 2.63. The van der Waals surface area contributed by atoms with Gasteiger partial charge in [0.25, 0.3) is 5.91 Å². The summed E-state index contributed by atoms with van der Waals surface area (Å²) in [7, 11) is -3.61. The minimum atomic E-state index is -3.61. The van der Waals surface area contributed by atoms with Crippen molar-refractivity contribution in [3.05, 3.63) is 59.2 Å². The molecule has 0 bridgehead atoms. The number of amides is 1. The van der Waals surface area contributed by atoms with Gasteiger partial charge in [0.1, 0.15) is 0 Å². The lowest BCUT2D eigenvalue weighted by Gasteiger charge is -2.15. The van der Waals surface area contributed by atoms with Gasteiger partial charge in [-0.15, -0.1) is 0 Å². The molecule has 0 fully saturated rings. The number of aryl methyl sites for hydroxylation is 2. The highest BCUT2D eigenvalue weighted by Crippen LogP contribution is 2.16. The van der Waals surface area contributed by atoms with Gasteiger partial charge in [0.15, 0.2) is 6.10 Å². The molecule has 0 aliphatic carbocycles. The number of carbonyl (C=O) groups excluding carboxylic acids is 2. The number of hydrogen-bond donors (Lipinski definition) is 2. The summed E-state index contributed by atoms with van der Waals surface area (Å²) in [5.74, 6) is -1.09. The Morgan fingerprint density at radius 2 is 1.59 bits per heavy atom. The van der Waals surface area contributed by atoms with Crippen molar-refractivity contribution >= 4 is 27.6 Å². The van der Waals surface area contributed by atoms with Crippen molar-refractivity contribution in [1.29, 1.82) is 0 Å². The monoisotopic (exact) mass is 418 g/mol. The smallest absolute Gasteiger partial charge is 0.339 e. The van der Waals surface area contributed by atoms with Gasteiger partial charge in [-0.05, 0) is 70.5 Å². The number of anilines is 1. The number of sulfonamides is 1. The molecule has 7 nitrogen and oxygen atoms in total. The number of carbonyl (C=O) groups is 2. The van der Waals surface area contributed by atoms with Gasteiger partial charge in [0, 0.05) is 11.7 Å². The van der Waals surface area contributed by atoms with E-state index in [0.29, 0.717) is 11.3 Å². The maximum Gasteiger partial charge on any atom is 0.339 e. The van der Waals surface area contributed by atoms with E-state index in [0.717, 1.165) is 11.1 Å². The fourth-order valence-corrected chi connectivity index (χ4v) is 3.82. The second-order valence-electron chi connectivity index (χ2n) is 7.16. The Bertz CT molecular complexity index is 998. The number of nitrogens with one attached hydrogen (secondary N) is 2. The third-order valence-electron chi connectivity index (χ3n) is 4.09. The molecular weight excluding hydrogens is 392 g/mol. The highest BCUT2D eigenvalue weighted by atomic mass is 32.2. The molecule has 2 N–H and O–H groups in total. The van der Waals surface area contributed by atoms with E-state index >= 15 is 0 Å². The Labute approximate surface area is 171 Å². The average molecular weight is 419 g/mol. The molecule has 1 amide bonds. The quantitative estimate of drug-likeness (QED) is 0.673. The minimum absolute atomic E-state index is 0.0959. The predicted octanol–water partition coefficient (Wildman–Crippen LogP) is 3.17. The van der Waals surface area contributed by atoms with Crippen LogP contribution in [-0.2, 0) is 19.6 Å². The molecule has 0 aliphatic heterocycles. The van der Waals surface area contributed by atoms with Crippen molar-refractivity contribution in [3.8, 4) is 0 Å². The summed E-state index contributed by atoms with van der Waals surface area (Å²) in [6.07, 6.45) is -1.02. The molecule has 2 aromatic rings. The second-order valence-corrected chi connectivity index (χ2v) is 8.87. The van der Waals surface area contributed by atoms with E-state index in [2.05, 4.69) is 10.0 Å². The van der Waals surface area contributed by atoms with Gasteiger partial charge in [-0.25, -0.2) is 17.9 Å². The molecule has 0 radical (unpaired) electrons. The first kappa shape index (κ1) is 22.6. The fraction of sp³-hybridized carbons (Fsp3) is 0.333. The molecule has 0 aromatic heterocycles. The van der Waals surface area contributed by atoms with E-state index in [9.17, 15) is 18.0 Å². The van der Waals surface area contributed by atoms with Crippen molar-refractivity contribution in [2.75, 3.05) is 5.32 Å². The Hall–Kier alpha value is -2.71. The number of esters is 1. The number of ether oxygens (including phenoxy) is 1. The lowest BCUT2D eigenvalue weighted by molar-refractivity contribution is -0.123. The molecule has 156 valence electrons. The predicted molar refractivity (Wildman–Crippen MR) is 111 cm³/mol. The van der Waals surface area contributed by atoms with Crippen LogP contribution in [0, 0.1) is 13.8 Å². The van der Waals surface area contributed by atoms with Crippen molar-refractivity contribution in [1.82, 2.24) is 4.72 Å². The van der Waals surface area contributed by atoms with E-state index < -0.39 is 28.0 Å². The van der Waals surface area contributed by atoms with Crippen LogP contribution in [-0.4, -0.2) is 32.4 Å². The standard InChI is InChI=1S/C21H26N2O5S/c1-13(2)23-29(26,27)18-10-8-17(9-11-18)22-20(24)16(5)28-21(25)19-12-14(3)6-7-15(19)4/h6-13,16,23H,1-5H3,(H,22,24). The topological polar surface area (TPSA) is 102 Å². The summed E-state index contributed by atoms with van der Waals surface area (Å²) in [4.78, 5) is 24.8. The summed E-state index contributed by atoms with van der Waals surface area (Å²) in [5.41, 5.74) is 2.49. The molecule has 0 aliphatic rings. The van der Waals surface area contributed by atoms with E-state index in [4.69, 9.17) is 4.74 Å². The first-order valence-electron chi connectivity index (χ1n) is 9.21. The van der Waals surface area contributed by atoms with Gasteiger partial charge in [0.05, 0.1) is 10.5 Å². The van der Waals surface area contributed by atoms with Crippen LogP contribution in [0.5, 0.6) is 0 Å². The van der Waals surface area contributed by atoms with Crippen LogP contribution in [0.1, 0.15) is 42.3 Å². The van der Waals surface area contributed by atoms with Crippen LogP contribution in [0.3, 0.4) is 0 Å². The molecule has 0 saturated carbocycles. The van der Waals surface area contributed by atoms with Gasteiger partial charge in [-0.1, -0.05) is 17.7 Å². The van der Waals surface area contributed by atoms with Gasteiger partial charge in [-0.3, -0.25) is 4.79 Å². The molecule has 1 atom stereocenters. The molecular formula is C21H26N2O5S. The maximum absolute atomic E-state index is 12.4. The van der Waals surface area contributed by atoms with E-state index in [1.807, 2.05) is 19.1 Å². The Morgan fingerprint density at radius 3 is 2.17 bits per heavy atom. The molecule has 2 rings (SSSR count). The second kappa shape index (κ2) is 9.19.